The fourth-order valence-electron chi connectivity index (χ4n) is 1.57. The number of ether oxygens (including phenoxy) is 1. The molecule has 18 heavy (non-hydrogen) atoms. The molecule has 94 valence electrons. The van der Waals surface area contributed by atoms with Crippen LogP contribution in [-0.2, 0) is 5.88 Å². The predicted molar refractivity (Wildman–Crippen MR) is 74.8 cm³/mol. The van der Waals surface area contributed by atoms with Crippen molar-refractivity contribution in [2.24, 2.45) is 0 Å². The Morgan fingerprint density at radius 3 is 2.61 bits per heavy atom. The minimum Gasteiger partial charge on any atom is -0.455 e. The summed E-state index contributed by atoms with van der Waals surface area (Å²) in [6.07, 6.45) is 1.72. The molecule has 1 aromatic heterocycles. The molecule has 2 aromatic rings. The molecule has 1 aromatic carbocycles. The van der Waals surface area contributed by atoms with Gasteiger partial charge >= 0.3 is 0 Å². The Morgan fingerprint density at radius 1 is 1.17 bits per heavy atom. The number of alkyl halides is 1. The van der Waals surface area contributed by atoms with Crippen LogP contribution in [0.3, 0.4) is 0 Å². The molecule has 1 heterocycles. The number of nitrogens with zero attached hydrogens (tertiary/aromatic N) is 1. The second-order valence-electron chi connectivity index (χ2n) is 4.10. The predicted octanol–water partition coefficient (Wildman–Crippen LogP) is 4.88. The molecule has 0 spiro atoms. The van der Waals surface area contributed by atoms with Crippen LogP contribution in [0, 0.1) is 13.8 Å². The standard InChI is InChI=1S/C14H13Cl2NO/c1-9-3-4-13(12(16)5-9)18-14-6-10(2)17-8-11(14)7-15/h3-6,8H,7H2,1-2H3. The van der Waals surface area contributed by atoms with Gasteiger partial charge in [0.25, 0.3) is 0 Å². The largest absolute Gasteiger partial charge is 0.455 e. The van der Waals surface area contributed by atoms with Gasteiger partial charge in [-0.25, -0.2) is 0 Å². The highest BCUT2D eigenvalue weighted by atomic mass is 35.5. The van der Waals surface area contributed by atoms with Crippen molar-refractivity contribution in [1.82, 2.24) is 4.98 Å². The van der Waals surface area contributed by atoms with Crippen LogP contribution in [0.25, 0.3) is 0 Å². The molecule has 0 unspecified atom stereocenters. The highest BCUT2D eigenvalue weighted by Gasteiger charge is 2.08. The van der Waals surface area contributed by atoms with Gasteiger partial charge in [0.2, 0.25) is 0 Å². The Labute approximate surface area is 117 Å². The molecule has 0 fully saturated rings. The first-order chi connectivity index (χ1) is 8.60. The van der Waals surface area contributed by atoms with E-state index in [2.05, 4.69) is 4.98 Å². The Kier molecular flexibility index (Phi) is 4.10. The Hall–Kier alpha value is -1.25. The number of hydrogen-bond acceptors (Lipinski definition) is 2. The first kappa shape index (κ1) is 13.2. The minimum atomic E-state index is 0.353. The van der Waals surface area contributed by atoms with Crippen LogP contribution in [0.2, 0.25) is 5.02 Å². The SMILES string of the molecule is Cc1ccc(Oc2cc(C)ncc2CCl)c(Cl)c1. The van der Waals surface area contributed by atoms with E-state index in [1.165, 1.54) is 0 Å². The van der Waals surface area contributed by atoms with E-state index in [0.717, 1.165) is 16.8 Å². The first-order valence-electron chi connectivity index (χ1n) is 5.55. The van der Waals surface area contributed by atoms with E-state index < -0.39 is 0 Å². The maximum absolute atomic E-state index is 6.14. The number of rotatable bonds is 3. The lowest BCUT2D eigenvalue weighted by atomic mass is 10.2. The second kappa shape index (κ2) is 5.59. The second-order valence-corrected chi connectivity index (χ2v) is 4.78. The van der Waals surface area contributed by atoms with Crippen molar-refractivity contribution in [3.05, 3.63) is 52.3 Å². The molecule has 0 bridgehead atoms. The zero-order chi connectivity index (χ0) is 13.1. The average Bonchev–Trinajstić information content (AvgIpc) is 2.33. The van der Waals surface area contributed by atoms with Gasteiger partial charge < -0.3 is 4.74 Å². The van der Waals surface area contributed by atoms with Gasteiger partial charge in [-0.1, -0.05) is 17.7 Å². The molecule has 2 nitrogen and oxygen atoms in total. The number of aromatic nitrogens is 1. The topological polar surface area (TPSA) is 22.1 Å². The van der Waals surface area contributed by atoms with E-state index in [0.29, 0.717) is 22.4 Å². The maximum Gasteiger partial charge on any atom is 0.146 e. The van der Waals surface area contributed by atoms with Gasteiger partial charge in [0.15, 0.2) is 0 Å². The van der Waals surface area contributed by atoms with Crippen molar-refractivity contribution < 1.29 is 4.74 Å². The summed E-state index contributed by atoms with van der Waals surface area (Å²) in [6, 6.07) is 7.53. The number of halogens is 2. The van der Waals surface area contributed by atoms with Crippen molar-refractivity contribution in [2.75, 3.05) is 0 Å². The third-order valence-electron chi connectivity index (χ3n) is 2.53. The number of pyridine rings is 1. The number of aryl methyl sites for hydroxylation is 2. The zero-order valence-electron chi connectivity index (χ0n) is 10.2. The normalized spacial score (nSPS) is 10.4. The maximum atomic E-state index is 6.14. The number of hydrogen-bond donors (Lipinski definition) is 0. The average molecular weight is 282 g/mol. The lowest BCUT2D eigenvalue weighted by molar-refractivity contribution is 0.477. The van der Waals surface area contributed by atoms with E-state index in [9.17, 15) is 0 Å². The van der Waals surface area contributed by atoms with Gasteiger partial charge in [0.1, 0.15) is 11.5 Å². The van der Waals surface area contributed by atoms with E-state index in [4.69, 9.17) is 27.9 Å². The van der Waals surface area contributed by atoms with Crippen LogP contribution >= 0.6 is 23.2 Å². The molecule has 0 saturated heterocycles. The molecule has 0 aliphatic heterocycles. The van der Waals surface area contributed by atoms with Gasteiger partial charge in [-0.2, -0.15) is 0 Å². The van der Waals surface area contributed by atoms with E-state index >= 15 is 0 Å². The molecule has 0 saturated carbocycles. The summed E-state index contributed by atoms with van der Waals surface area (Å²) in [4.78, 5) is 4.19. The van der Waals surface area contributed by atoms with Crippen molar-refractivity contribution >= 4 is 23.2 Å². The van der Waals surface area contributed by atoms with E-state index in [-0.39, 0.29) is 0 Å². The molecule has 0 atom stereocenters. The molecular formula is C14H13Cl2NO. The molecule has 0 aliphatic rings. The van der Waals surface area contributed by atoms with Gasteiger partial charge in [0.05, 0.1) is 10.9 Å². The van der Waals surface area contributed by atoms with Crippen LogP contribution in [0.5, 0.6) is 11.5 Å². The zero-order valence-corrected chi connectivity index (χ0v) is 11.7. The van der Waals surface area contributed by atoms with Crippen LogP contribution < -0.4 is 4.74 Å². The number of benzene rings is 1. The van der Waals surface area contributed by atoms with Gasteiger partial charge in [-0.15, -0.1) is 11.6 Å². The quantitative estimate of drug-likeness (QED) is 0.748. The van der Waals surface area contributed by atoms with Crippen molar-refractivity contribution in [3.63, 3.8) is 0 Å². The summed E-state index contributed by atoms with van der Waals surface area (Å²) in [6.45, 7) is 3.89. The van der Waals surface area contributed by atoms with Crippen molar-refractivity contribution in [3.8, 4) is 11.5 Å². The molecule has 4 heteroatoms. The van der Waals surface area contributed by atoms with E-state index in [1.807, 2.05) is 38.1 Å². The smallest absolute Gasteiger partial charge is 0.146 e. The van der Waals surface area contributed by atoms with Gasteiger partial charge in [-0.05, 0) is 31.5 Å². The highest BCUT2D eigenvalue weighted by molar-refractivity contribution is 6.32. The lowest BCUT2D eigenvalue weighted by Gasteiger charge is -2.11. The van der Waals surface area contributed by atoms with Gasteiger partial charge in [0, 0.05) is 23.5 Å². The molecule has 2 rings (SSSR count). The monoisotopic (exact) mass is 281 g/mol. The molecular weight excluding hydrogens is 269 g/mol. The lowest BCUT2D eigenvalue weighted by Crippen LogP contribution is -1.93. The van der Waals surface area contributed by atoms with Crippen molar-refractivity contribution in [1.29, 1.82) is 0 Å². The summed E-state index contributed by atoms with van der Waals surface area (Å²) in [7, 11) is 0. The molecule has 0 amide bonds. The summed E-state index contributed by atoms with van der Waals surface area (Å²) >= 11 is 12.0. The summed E-state index contributed by atoms with van der Waals surface area (Å²) < 4.78 is 5.81. The molecule has 0 N–H and O–H groups in total. The molecule has 0 aliphatic carbocycles. The third kappa shape index (κ3) is 2.95. The van der Waals surface area contributed by atoms with Crippen LogP contribution in [0.15, 0.2) is 30.5 Å². The summed E-state index contributed by atoms with van der Waals surface area (Å²) in [5.74, 6) is 1.68. The first-order valence-corrected chi connectivity index (χ1v) is 6.47. The third-order valence-corrected chi connectivity index (χ3v) is 3.12. The Bertz CT molecular complexity index is 570. The summed E-state index contributed by atoms with van der Waals surface area (Å²) in [5, 5.41) is 0.588. The van der Waals surface area contributed by atoms with E-state index in [1.54, 1.807) is 6.20 Å². The van der Waals surface area contributed by atoms with Crippen molar-refractivity contribution in [2.45, 2.75) is 19.7 Å². The van der Waals surface area contributed by atoms with Crippen LogP contribution in [0.4, 0.5) is 0 Å². The van der Waals surface area contributed by atoms with Gasteiger partial charge in [-0.3, -0.25) is 4.98 Å². The fraction of sp³-hybridized carbons (Fsp3) is 0.214. The highest BCUT2D eigenvalue weighted by Crippen LogP contribution is 2.32. The fourth-order valence-corrected chi connectivity index (χ4v) is 2.04. The van der Waals surface area contributed by atoms with Crippen LogP contribution in [-0.4, -0.2) is 4.98 Å². The summed E-state index contributed by atoms with van der Waals surface area (Å²) in [5.41, 5.74) is 2.82. The minimum absolute atomic E-state index is 0.353. The Morgan fingerprint density at radius 2 is 1.94 bits per heavy atom. The molecule has 0 radical (unpaired) electrons. The Balaban J connectivity index is 2.36. The van der Waals surface area contributed by atoms with Crippen LogP contribution in [0.1, 0.15) is 16.8 Å².